The van der Waals surface area contributed by atoms with E-state index in [1.54, 1.807) is 6.07 Å². The van der Waals surface area contributed by atoms with E-state index in [2.05, 4.69) is 10.3 Å². The molecular weight excluding hydrogens is 278 g/mol. The van der Waals surface area contributed by atoms with Gasteiger partial charge in [0, 0.05) is 20.2 Å². The smallest absolute Gasteiger partial charge is 0.244 e. The molecule has 1 aromatic heterocycles. The van der Waals surface area contributed by atoms with Gasteiger partial charge in [0.1, 0.15) is 4.90 Å². The van der Waals surface area contributed by atoms with Gasteiger partial charge in [-0.05, 0) is 37.9 Å². The maximum absolute atomic E-state index is 11.9. The van der Waals surface area contributed by atoms with E-state index in [1.807, 2.05) is 0 Å². The van der Waals surface area contributed by atoms with E-state index in [1.165, 1.54) is 30.7 Å². The maximum Gasteiger partial charge on any atom is 0.244 e. The first-order chi connectivity index (χ1) is 9.50. The summed E-state index contributed by atoms with van der Waals surface area (Å²) in [6.45, 7) is 2.69. The van der Waals surface area contributed by atoms with Crippen molar-refractivity contribution in [3.63, 3.8) is 0 Å². The van der Waals surface area contributed by atoms with Crippen LogP contribution in [-0.2, 0) is 10.0 Å². The maximum atomic E-state index is 11.9. The fourth-order valence-electron chi connectivity index (χ4n) is 2.07. The Bertz CT molecular complexity index is 522. The summed E-state index contributed by atoms with van der Waals surface area (Å²) in [5, 5.41) is 3.31. The number of nitrogens with zero attached hydrogens (tertiary/aromatic N) is 2. The molecule has 0 spiro atoms. The van der Waals surface area contributed by atoms with E-state index >= 15 is 0 Å². The van der Waals surface area contributed by atoms with Crippen LogP contribution in [0.1, 0.15) is 12.8 Å². The average molecular weight is 299 g/mol. The lowest BCUT2D eigenvalue weighted by Crippen LogP contribution is -2.30. The van der Waals surface area contributed by atoms with Crippen molar-refractivity contribution in [2.75, 3.05) is 33.8 Å². The van der Waals surface area contributed by atoms with Crippen molar-refractivity contribution in [1.29, 1.82) is 0 Å². The molecule has 0 aromatic carbocycles. The molecule has 112 valence electrons. The predicted molar refractivity (Wildman–Crippen MR) is 76.2 cm³/mol. The number of piperidine rings is 1. The zero-order chi connectivity index (χ0) is 14.6. The van der Waals surface area contributed by atoms with Crippen LogP contribution in [0.25, 0.3) is 0 Å². The lowest BCUT2D eigenvalue weighted by molar-refractivity contribution is 0.209. The highest BCUT2D eigenvalue weighted by atomic mass is 32.2. The first-order valence-corrected chi connectivity index (χ1v) is 8.16. The van der Waals surface area contributed by atoms with Crippen LogP contribution in [0.4, 0.5) is 0 Å². The standard InChI is InChI=1S/C13H21N3O3S/c1-16(2)20(17,18)12-3-4-13(15-9-12)19-10-11-5-7-14-8-6-11/h3-4,9,11,14H,5-8,10H2,1-2H3. The van der Waals surface area contributed by atoms with Crippen LogP contribution in [0, 0.1) is 5.92 Å². The van der Waals surface area contributed by atoms with Crippen LogP contribution >= 0.6 is 0 Å². The normalized spacial score (nSPS) is 17.4. The van der Waals surface area contributed by atoms with Crippen molar-refractivity contribution >= 4 is 10.0 Å². The van der Waals surface area contributed by atoms with Gasteiger partial charge < -0.3 is 10.1 Å². The van der Waals surface area contributed by atoms with E-state index in [9.17, 15) is 8.42 Å². The number of rotatable bonds is 5. The molecule has 0 bridgehead atoms. The fourth-order valence-corrected chi connectivity index (χ4v) is 2.91. The van der Waals surface area contributed by atoms with Crippen LogP contribution < -0.4 is 10.1 Å². The monoisotopic (exact) mass is 299 g/mol. The third kappa shape index (κ3) is 3.68. The van der Waals surface area contributed by atoms with E-state index in [0.717, 1.165) is 25.9 Å². The van der Waals surface area contributed by atoms with Crippen molar-refractivity contribution in [3.8, 4) is 5.88 Å². The van der Waals surface area contributed by atoms with Crippen LogP contribution in [0.3, 0.4) is 0 Å². The summed E-state index contributed by atoms with van der Waals surface area (Å²) in [6, 6.07) is 3.14. The Balaban J connectivity index is 1.94. The first-order valence-electron chi connectivity index (χ1n) is 6.72. The minimum Gasteiger partial charge on any atom is -0.477 e. The highest BCUT2D eigenvalue weighted by Crippen LogP contribution is 2.17. The Kier molecular flexibility index (Phi) is 4.95. The molecule has 0 unspecified atom stereocenters. The Labute approximate surface area is 120 Å². The van der Waals surface area contributed by atoms with Crippen LogP contribution in [0.15, 0.2) is 23.2 Å². The summed E-state index contributed by atoms with van der Waals surface area (Å²) in [7, 11) is -0.428. The van der Waals surface area contributed by atoms with Crippen LogP contribution in [-0.4, -0.2) is 51.5 Å². The minimum atomic E-state index is -3.42. The Morgan fingerprint density at radius 3 is 2.60 bits per heavy atom. The largest absolute Gasteiger partial charge is 0.477 e. The average Bonchev–Trinajstić information content (AvgIpc) is 2.46. The molecule has 0 atom stereocenters. The number of pyridine rings is 1. The van der Waals surface area contributed by atoms with Gasteiger partial charge >= 0.3 is 0 Å². The Morgan fingerprint density at radius 2 is 2.05 bits per heavy atom. The summed E-state index contributed by atoms with van der Waals surface area (Å²) in [5.74, 6) is 1.02. The molecule has 0 amide bonds. The second kappa shape index (κ2) is 6.51. The van der Waals surface area contributed by atoms with Gasteiger partial charge in [-0.25, -0.2) is 17.7 Å². The lowest BCUT2D eigenvalue weighted by Gasteiger charge is -2.22. The fraction of sp³-hybridized carbons (Fsp3) is 0.615. The first kappa shape index (κ1) is 15.2. The van der Waals surface area contributed by atoms with E-state index in [0.29, 0.717) is 18.4 Å². The van der Waals surface area contributed by atoms with Gasteiger partial charge in [0.05, 0.1) is 12.8 Å². The quantitative estimate of drug-likeness (QED) is 0.867. The molecule has 1 aromatic rings. The summed E-state index contributed by atoms with van der Waals surface area (Å²) >= 11 is 0. The molecule has 1 aliphatic rings. The van der Waals surface area contributed by atoms with E-state index in [-0.39, 0.29) is 4.90 Å². The van der Waals surface area contributed by atoms with Crippen LogP contribution in [0.2, 0.25) is 0 Å². The number of hydrogen-bond donors (Lipinski definition) is 1. The topological polar surface area (TPSA) is 71.5 Å². The highest BCUT2D eigenvalue weighted by molar-refractivity contribution is 7.89. The second-order valence-electron chi connectivity index (χ2n) is 5.12. The van der Waals surface area contributed by atoms with Crippen molar-refractivity contribution in [2.45, 2.75) is 17.7 Å². The van der Waals surface area contributed by atoms with Crippen LogP contribution in [0.5, 0.6) is 5.88 Å². The van der Waals surface area contributed by atoms with Gasteiger partial charge in [0.2, 0.25) is 15.9 Å². The minimum absolute atomic E-state index is 0.178. The zero-order valence-corrected chi connectivity index (χ0v) is 12.7. The van der Waals surface area contributed by atoms with Gasteiger partial charge in [-0.3, -0.25) is 0 Å². The third-order valence-electron chi connectivity index (χ3n) is 3.41. The summed E-state index contributed by atoms with van der Waals surface area (Å²) < 4.78 is 30.6. The predicted octanol–water partition coefficient (Wildman–Crippen LogP) is 0.710. The van der Waals surface area contributed by atoms with Gasteiger partial charge in [-0.2, -0.15) is 0 Å². The van der Waals surface area contributed by atoms with Crippen molar-refractivity contribution in [3.05, 3.63) is 18.3 Å². The molecule has 0 aliphatic carbocycles. The molecule has 7 heteroatoms. The molecule has 0 radical (unpaired) electrons. The van der Waals surface area contributed by atoms with Gasteiger partial charge in [0.15, 0.2) is 0 Å². The number of hydrogen-bond acceptors (Lipinski definition) is 5. The molecular formula is C13H21N3O3S. The van der Waals surface area contributed by atoms with Gasteiger partial charge in [-0.1, -0.05) is 0 Å². The van der Waals surface area contributed by atoms with E-state index in [4.69, 9.17) is 4.74 Å². The highest BCUT2D eigenvalue weighted by Gasteiger charge is 2.18. The Morgan fingerprint density at radius 1 is 1.35 bits per heavy atom. The van der Waals surface area contributed by atoms with Crippen molar-refractivity contribution in [1.82, 2.24) is 14.6 Å². The van der Waals surface area contributed by atoms with Crippen molar-refractivity contribution in [2.24, 2.45) is 5.92 Å². The lowest BCUT2D eigenvalue weighted by atomic mass is 9.99. The van der Waals surface area contributed by atoms with Crippen molar-refractivity contribution < 1.29 is 13.2 Å². The number of ether oxygens (including phenoxy) is 1. The molecule has 0 saturated carbocycles. The SMILES string of the molecule is CN(C)S(=O)(=O)c1ccc(OCC2CCNCC2)nc1. The Hall–Kier alpha value is -1.18. The molecule has 1 N–H and O–H groups in total. The van der Waals surface area contributed by atoms with E-state index < -0.39 is 10.0 Å². The number of nitrogens with one attached hydrogen (secondary N) is 1. The van der Waals surface area contributed by atoms with Gasteiger partial charge in [0.25, 0.3) is 0 Å². The summed E-state index contributed by atoms with van der Waals surface area (Å²) in [5.41, 5.74) is 0. The zero-order valence-electron chi connectivity index (χ0n) is 11.9. The molecule has 6 nitrogen and oxygen atoms in total. The number of aromatic nitrogens is 1. The number of sulfonamides is 1. The molecule has 20 heavy (non-hydrogen) atoms. The molecule has 1 aliphatic heterocycles. The third-order valence-corrected chi connectivity index (χ3v) is 5.21. The van der Waals surface area contributed by atoms with Gasteiger partial charge in [-0.15, -0.1) is 0 Å². The second-order valence-corrected chi connectivity index (χ2v) is 7.28. The summed E-state index contributed by atoms with van der Waals surface area (Å²) in [6.07, 6.45) is 3.55. The molecule has 2 rings (SSSR count). The molecule has 1 fully saturated rings. The molecule has 2 heterocycles. The molecule has 1 saturated heterocycles. The summed E-state index contributed by atoms with van der Waals surface area (Å²) in [4.78, 5) is 4.25.